The number of anilines is 1. The number of nitrogens with one attached hydrogen (secondary N) is 1. The highest BCUT2D eigenvalue weighted by Crippen LogP contribution is 2.30. The van der Waals surface area contributed by atoms with Crippen LogP contribution in [0, 0.1) is 6.92 Å². The van der Waals surface area contributed by atoms with E-state index in [2.05, 4.69) is 157 Å². The lowest BCUT2D eigenvalue weighted by atomic mass is 9.96. The lowest BCUT2D eigenvalue weighted by molar-refractivity contribution is -0.138. The van der Waals surface area contributed by atoms with Crippen molar-refractivity contribution in [2.75, 3.05) is 11.9 Å². The number of benzene rings is 7. The third kappa shape index (κ3) is 8.79. The molecule has 0 spiro atoms. The number of carbonyl (C=O) groups is 1. The van der Waals surface area contributed by atoms with Gasteiger partial charge in [-0.3, -0.25) is 0 Å². The molecule has 7 rings (SSSR count). The van der Waals surface area contributed by atoms with Crippen LogP contribution in [-0.2, 0) is 9.53 Å². The van der Waals surface area contributed by atoms with Crippen LogP contribution >= 0.6 is 0 Å². The van der Waals surface area contributed by atoms with Crippen LogP contribution in [0.25, 0.3) is 62.7 Å². The molecule has 3 heteroatoms. The molecule has 0 aliphatic rings. The third-order valence-corrected chi connectivity index (χ3v) is 9.23. The molecule has 0 bridgehead atoms. The smallest absolute Gasteiger partial charge is 0.354 e. The van der Waals surface area contributed by atoms with Gasteiger partial charge in [0, 0.05) is 5.69 Å². The molecule has 0 saturated heterocycles. The van der Waals surface area contributed by atoms with E-state index >= 15 is 0 Å². The summed E-state index contributed by atoms with van der Waals surface area (Å²) in [6.07, 6.45) is 6.11. The van der Waals surface area contributed by atoms with Crippen LogP contribution in [0.4, 0.5) is 5.69 Å². The van der Waals surface area contributed by atoms with Crippen LogP contribution in [0.5, 0.6) is 0 Å². The zero-order chi connectivity index (χ0) is 36.4. The number of ether oxygens (including phenoxy) is 1. The molecular weight excluding hydrogens is 647 g/mol. The van der Waals surface area contributed by atoms with Crippen LogP contribution in [0.1, 0.15) is 29.2 Å². The summed E-state index contributed by atoms with van der Waals surface area (Å²) in [7, 11) is 0. The van der Waals surface area contributed by atoms with Gasteiger partial charge in [0.05, 0.1) is 6.61 Å². The summed E-state index contributed by atoms with van der Waals surface area (Å²) in [6.45, 7) is 4.14. The second kappa shape index (κ2) is 16.5. The second-order valence-electron chi connectivity index (χ2n) is 13.0. The Morgan fingerprint density at radius 1 is 0.509 bits per heavy atom. The fourth-order valence-corrected chi connectivity index (χ4v) is 6.28. The van der Waals surface area contributed by atoms with Crippen molar-refractivity contribution >= 4 is 29.9 Å². The minimum atomic E-state index is -0.407. The van der Waals surface area contributed by atoms with Gasteiger partial charge in [-0.15, -0.1) is 0 Å². The summed E-state index contributed by atoms with van der Waals surface area (Å²) in [5.41, 5.74) is 14.6. The van der Waals surface area contributed by atoms with E-state index in [0.717, 1.165) is 44.6 Å². The summed E-state index contributed by atoms with van der Waals surface area (Å²) in [5.74, 6) is -0.407. The van der Waals surface area contributed by atoms with Crippen LogP contribution in [0.3, 0.4) is 0 Å². The van der Waals surface area contributed by atoms with Gasteiger partial charge < -0.3 is 10.1 Å². The molecule has 0 amide bonds. The Morgan fingerprint density at radius 2 is 0.962 bits per heavy atom. The highest BCUT2D eigenvalue weighted by molar-refractivity contribution is 5.98. The van der Waals surface area contributed by atoms with Crippen molar-refractivity contribution in [2.24, 2.45) is 0 Å². The van der Waals surface area contributed by atoms with E-state index in [0.29, 0.717) is 5.70 Å². The van der Waals surface area contributed by atoms with Gasteiger partial charge in [-0.05, 0) is 99.3 Å². The molecule has 0 heterocycles. The molecule has 53 heavy (non-hydrogen) atoms. The van der Waals surface area contributed by atoms with E-state index in [4.69, 9.17) is 4.74 Å². The van der Waals surface area contributed by atoms with Crippen molar-refractivity contribution in [3.05, 3.63) is 204 Å². The predicted molar refractivity (Wildman–Crippen MR) is 223 cm³/mol. The monoisotopic (exact) mass is 687 g/mol. The summed E-state index contributed by atoms with van der Waals surface area (Å²) in [5, 5.41) is 3.31. The Kier molecular flexibility index (Phi) is 10.8. The number of rotatable bonds is 11. The molecule has 1 N–H and O–H groups in total. The van der Waals surface area contributed by atoms with Gasteiger partial charge in [-0.2, -0.15) is 0 Å². The molecule has 0 aliphatic carbocycles. The first kappa shape index (κ1) is 34.7. The molecule has 258 valence electrons. The first-order valence-corrected chi connectivity index (χ1v) is 18.0. The standard InChI is InChI=1S/C50H41NO2/c1-3-53-50(52)49(51-48-32-14-36(2)15-33-48)35-47-31-30-45(44-28-26-42(27-29-44)39-12-8-5-9-13-39)34-46(47)21-18-37-16-19-40(20-17-37)43-24-22-41(23-25-43)38-10-6-4-7-11-38/h4-35,51H,3H2,1-2H3/b21-18-,49-35-. The molecule has 0 saturated carbocycles. The van der Waals surface area contributed by atoms with E-state index in [1.807, 2.05) is 56.3 Å². The average molecular weight is 688 g/mol. The fraction of sp³-hybridized carbons (Fsp3) is 0.0600. The normalized spacial score (nSPS) is 11.4. The quantitative estimate of drug-likeness (QED) is 0.0836. The first-order chi connectivity index (χ1) is 26.0. The van der Waals surface area contributed by atoms with E-state index < -0.39 is 5.97 Å². The molecule has 7 aromatic rings. The molecule has 0 unspecified atom stereocenters. The highest BCUT2D eigenvalue weighted by Gasteiger charge is 2.13. The topological polar surface area (TPSA) is 38.3 Å². The summed E-state index contributed by atoms with van der Waals surface area (Å²) in [4.78, 5) is 13.2. The SMILES string of the molecule is CCOC(=O)/C(=C/c1ccc(-c2ccc(-c3ccccc3)cc2)cc1/C=C\c1ccc(-c2ccc(-c3ccccc3)cc2)cc1)Nc1ccc(C)cc1. The lowest BCUT2D eigenvalue weighted by Crippen LogP contribution is -2.14. The van der Waals surface area contributed by atoms with Crippen LogP contribution in [-0.4, -0.2) is 12.6 Å². The van der Waals surface area contributed by atoms with Crippen LogP contribution < -0.4 is 5.32 Å². The zero-order valence-electron chi connectivity index (χ0n) is 30.0. The van der Waals surface area contributed by atoms with Crippen molar-refractivity contribution < 1.29 is 9.53 Å². The molecule has 0 aliphatic heterocycles. The average Bonchev–Trinajstić information content (AvgIpc) is 3.22. The van der Waals surface area contributed by atoms with Gasteiger partial charge in [-0.1, -0.05) is 175 Å². The largest absolute Gasteiger partial charge is 0.461 e. The number of hydrogen-bond donors (Lipinski definition) is 1. The maximum atomic E-state index is 13.2. The summed E-state index contributed by atoms with van der Waals surface area (Å²) >= 11 is 0. The molecule has 3 nitrogen and oxygen atoms in total. The van der Waals surface area contributed by atoms with Gasteiger partial charge in [-0.25, -0.2) is 4.79 Å². The molecular formula is C50H41NO2. The maximum absolute atomic E-state index is 13.2. The van der Waals surface area contributed by atoms with Crippen molar-refractivity contribution in [1.82, 2.24) is 0 Å². The third-order valence-electron chi connectivity index (χ3n) is 9.23. The van der Waals surface area contributed by atoms with E-state index in [1.165, 1.54) is 27.8 Å². The fourth-order valence-electron chi connectivity index (χ4n) is 6.28. The summed E-state index contributed by atoms with van der Waals surface area (Å²) < 4.78 is 5.47. The summed E-state index contributed by atoms with van der Waals surface area (Å²) in [6, 6.07) is 61.1. The van der Waals surface area contributed by atoms with Crippen molar-refractivity contribution in [2.45, 2.75) is 13.8 Å². The Bertz CT molecular complexity index is 2340. The number of carbonyl (C=O) groups excluding carboxylic acids is 1. The highest BCUT2D eigenvalue weighted by atomic mass is 16.5. The minimum Gasteiger partial charge on any atom is -0.461 e. The lowest BCUT2D eigenvalue weighted by Gasteiger charge is -2.13. The molecule has 0 aromatic heterocycles. The second-order valence-corrected chi connectivity index (χ2v) is 13.0. The Balaban J connectivity index is 1.20. The van der Waals surface area contributed by atoms with Gasteiger partial charge >= 0.3 is 5.97 Å². The van der Waals surface area contributed by atoms with Gasteiger partial charge in [0.1, 0.15) is 5.70 Å². The molecule has 7 aromatic carbocycles. The Labute approximate surface area is 312 Å². The predicted octanol–water partition coefficient (Wildman–Crippen LogP) is 12.8. The Hall–Kier alpha value is -6.71. The van der Waals surface area contributed by atoms with Gasteiger partial charge in [0.2, 0.25) is 0 Å². The van der Waals surface area contributed by atoms with E-state index in [-0.39, 0.29) is 6.61 Å². The number of esters is 1. The minimum absolute atomic E-state index is 0.281. The van der Waals surface area contributed by atoms with Crippen molar-refractivity contribution in [3.8, 4) is 44.5 Å². The van der Waals surface area contributed by atoms with Crippen LogP contribution in [0.15, 0.2) is 182 Å². The van der Waals surface area contributed by atoms with E-state index in [9.17, 15) is 4.79 Å². The van der Waals surface area contributed by atoms with Crippen molar-refractivity contribution in [1.29, 1.82) is 0 Å². The number of hydrogen-bond acceptors (Lipinski definition) is 3. The Morgan fingerprint density at radius 3 is 1.47 bits per heavy atom. The maximum Gasteiger partial charge on any atom is 0.354 e. The molecule has 0 atom stereocenters. The van der Waals surface area contributed by atoms with Crippen molar-refractivity contribution in [3.63, 3.8) is 0 Å². The van der Waals surface area contributed by atoms with E-state index in [1.54, 1.807) is 0 Å². The van der Waals surface area contributed by atoms with Crippen LogP contribution in [0.2, 0.25) is 0 Å². The first-order valence-electron chi connectivity index (χ1n) is 18.0. The molecule has 0 fully saturated rings. The zero-order valence-corrected chi connectivity index (χ0v) is 30.0. The molecule has 0 radical (unpaired) electrons. The van der Waals surface area contributed by atoms with Gasteiger partial charge in [0.25, 0.3) is 0 Å². The van der Waals surface area contributed by atoms with Gasteiger partial charge in [0.15, 0.2) is 0 Å². The number of aryl methyl sites for hydroxylation is 1.